The summed E-state index contributed by atoms with van der Waals surface area (Å²) in [6, 6.07) is 11.6. The van der Waals surface area contributed by atoms with Crippen LogP contribution in [0.5, 0.6) is 0 Å². The van der Waals surface area contributed by atoms with E-state index in [1.165, 1.54) is 38.0 Å². The molecule has 0 aliphatic carbocycles. The predicted molar refractivity (Wildman–Crippen MR) is 82.5 cm³/mol. The lowest BCUT2D eigenvalue weighted by atomic mass is 9.92. The summed E-state index contributed by atoms with van der Waals surface area (Å²) in [4.78, 5) is 2.64. The van der Waals surface area contributed by atoms with Crippen molar-refractivity contribution < 1.29 is 0 Å². The number of rotatable bonds is 5. The Morgan fingerprint density at radius 3 is 2.68 bits per heavy atom. The van der Waals surface area contributed by atoms with Gasteiger partial charge in [0.1, 0.15) is 0 Å². The molecular weight excluding hydrogens is 232 g/mol. The molecule has 0 amide bonds. The summed E-state index contributed by atoms with van der Waals surface area (Å²) >= 11 is 0. The van der Waals surface area contributed by atoms with Crippen LogP contribution in [-0.2, 0) is 0 Å². The molecule has 1 aliphatic rings. The Kier molecular flexibility index (Phi) is 5.41. The molecule has 0 saturated carbocycles. The Labute approximate surface area is 118 Å². The molecule has 0 bridgehead atoms. The summed E-state index contributed by atoms with van der Waals surface area (Å²) in [5.41, 5.74) is 1.47. The first kappa shape index (κ1) is 14.5. The number of piperidine rings is 1. The van der Waals surface area contributed by atoms with Gasteiger partial charge in [0.05, 0.1) is 0 Å². The lowest BCUT2D eigenvalue weighted by Crippen LogP contribution is -2.47. The third-order valence-corrected chi connectivity index (χ3v) is 4.61. The van der Waals surface area contributed by atoms with Crippen LogP contribution in [0.3, 0.4) is 0 Å². The minimum absolute atomic E-state index is 0.665. The van der Waals surface area contributed by atoms with Gasteiger partial charge in [-0.25, -0.2) is 0 Å². The first-order valence-corrected chi connectivity index (χ1v) is 7.65. The van der Waals surface area contributed by atoms with Gasteiger partial charge in [-0.1, -0.05) is 44.2 Å². The molecule has 106 valence electrons. The lowest BCUT2D eigenvalue weighted by molar-refractivity contribution is 0.148. The number of hydrogen-bond donors (Lipinski definition) is 1. The number of nitrogens with one attached hydrogen (secondary N) is 1. The molecule has 2 heteroatoms. The second-order valence-electron chi connectivity index (χ2n) is 6.06. The monoisotopic (exact) mass is 260 g/mol. The number of benzene rings is 1. The summed E-state index contributed by atoms with van der Waals surface area (Å²) in [6.07, 6.45) is 2.55. The topological polar surface area (TPSA) is 15.3 Å². The van der Waals surface area contributed by atoms with Crippen molar-refractivity contribution >= 4 is 0 Å². The van der Waals surface area contributed by atoms with Gasteiger partial charge in [0.25, 0.3) is 0 Å². The quantitative estimate of drug-likeness (QED) is 0.875. The summed E-state index contributed by atoms with van der Waals surface area (Å²) < 4.78 is 0. The van der Waals surface area contributed by atoms with E-state index >= 15 is 0 Å². The van der Waals surface area contributed by atoms with Gasteiger partial charge in [-0.05, 0) is 50.4 Å². The van der Waals surface area contributed by atoms with E-state index < -0.39 is 0 Å². The van der Waals surface area contributed by atoms with Crippen molar-refractivity contribution in [1.29, 1.82) is 0 Å². The normalized spacial score (nSPS) is 26.3. The Balaban J connectivity index is 1.77. The van der Waals surface area contributed by atoms with E-state index in [4.69, 9.17) is 0 Å². The SMILES string of the molecule is CNC1CCN(CCC(C)c2ccccc2)CC1C. The molecule has 1 aromatic carbocycles. The van der Waals surface area contributed by atoms with Gasteiger partial charge >= 0.3 is 0 Å². The molecule has 19 heavy (non-hydrogen) atoms. The first-order valence-electron chi connectivity index (χ1n) is 7.65. The predicted octanol–water partition coefficient (Wildman–Crippen LogP) is 3.11. The van der Waals surface area contributed by atoms with Gasteiger partial charge in [-0.3, -0.25) is 0 Å². The minimum Gasteiger partial charge on any atom is -0.317 e. The van der Waals surface area contributed by atoms with Crippen LogP contribution in [0, 0.1) is 5.92 Å². The second kappa shape index (κ2) is 7.06. The largest absolute Gasteiger partial charge is 0.317 e. The molecule has 0 aromatic heterocycles. The van der Waals surface area contributed by atoms with Crippen molar-refractivity contribution in [3.05, 3.63) is 35.9 Å². The molecule has 1 aliphatic heterocycles. The van der Waals surface area contributed by atoms with Crippen molar-refractivity contribution in [2.75, 3.05) is 26.7 Å². The highest BCUT2D eigenvalue weighted by Crippen LogP contribution is 2.21. The fourth-order valence-electron chi connectivity index (χ4n) is 3.19. The fraction of sp³-hybridized carbons (Fsp3) is 0.647. The van der Waals surface area contributed by atoms with Crippen molar-refractivity contribution in [2.45, 2.75) is 38.6 Å². The third kappa shape index (κ3) is 4.05. The molecule has 1 saturated heterocycles. The average Bonchev–Trinajstić information content (AvgIpc) is 2.46. The Hall–Kier alpha value is -0.860. The van der Waals surface area contributed by atoms with E-state index in [-0.39, 0.29) is 0 Å². The van der Waals surface area contributed by atoms with E-state index in [0.717, 1.165) is 5.92 Å². The summed E-state index contributed by atoms with van der Waals surface area (Å²) in [6.45, 7) is 8.44. The van der Waals surface area contributed by atoms with Gasteiger partial charge in [0.2, 0.25) is 0 Å². The van der Waals surface area contributed by atoms with E-state index in [0.29, 0.717) is 12.0 Å². The molecule has 1 fully saturated rings. The van der Waals surface area contributed by atoms with Crippen LogP contribution in [0.25, 0.3) is 0 Å². The lowest BCUT2D eigenvalue weighted by Gasteiger charge is -2.37. The maximum absolute atomic E-state index is 3.44. The van der Waals surface area contributed by atoms with E-state index in [1.54, 1.807) is 0 Å². The summed E-state index contributed by atoms with van der Waals surface area (Å²) in [5.74, 6) is 1.43. The summed E-state index contributed by atoms with van der Waals surface area (Å²) in [7, 11) is 2.09. The van der Waals surface area contributed by atoms with Crippen LogP contribution in [0.15, 0.2) is 30.3 Å². The molecule has 3 atom stereocenters. The van der Waals surface area contributed by atoms with Crippen LogP contribution in [0.1, 0.15) is 38.2 Å². The zero-order chi connectivity index (χ0) is 13.7. The van der Waals surface area contributed by atoms with Crippen molar-refractivity contribution in [3.8, 4) is 0 Å². The first-order chi connectivity index (χ1) is 9.20. The Morgan fingerprint density at radius 1 is 1.32 bits per heavy atom. The number of hydrogen-bond acceptors (Lipinski definition) is 2. The second-order valence-corrected chi connectivity index (χ2v) is 6.06. The Morgan fingerprint density at radius 2 is 2.05 bits per heavy atom. The fourth-order valence-corrected chi connectivity index (χ4v) is 3.19. The van der Waals surface area contributed by atoms with E-state index in [1.807, 2.05) is 0 Å². The van der Waals surface area contributed by atoms with Gasteiger partial charge in [-0.15, -0.1) is 0 Å². The molecule has 1 aromatic rings. The van der Waals surface area contributed by atoms with Crippen LogP contribution >= 0.6 is 0 Å². The van der Waals surface area contributed by atoms with Crippen LogP contribution < -0.4 is 5.32 Å². The van der Waals surface area contributed by atoms with Gasteiger partial charge in [-0.2, -0.15) is 0 Å². The van der Waals surface area contributed by atoms with Gasteiger partial charge in [0.15, 0.2) is 0 Å². The standard InChI is InChI=1S/C17H28N2/c1-14(16-7-5-4-6-8-16)9-11-19-12-10-17(18-3)15(2)13-19/h4-8,14-15,17-18H,9-13H2,1-3H3. The molecule has 0 radical (unpaired) electrons. The highest BCUT2D eigenvalue weighted by Gasteiger charge is 2.24. The maximum atomic E-state index is 3.44. The molecular formula is C17H28N2. The van der Waals surface area contributed by atoms with Crippen molar-refractivity contribution in [2.24, 2.45) is 5.92 Å². The third-order valence-electron chi connectivity index (χ3n) is 4.61. The van der Waals surface area contributed by atoms with E-state index in [2.05, 4.69) is 61.4 Å². The van der Waals surface area contributed by atoms with Crippen LogP contribution in [-0.4, -0.2) is 37.6 Å². The highest BCUT2D eigenvalue weighted by molar-refractivity contribution is 5.18. The molecule has 1 N–H and O–H groups in total. The van der Waals surface area contributed by atoms with Crippen LogP contribution in [0.2, 0.25) is 0 Å². The summed E-state index contributed by atoms with van der Waals surface area (Å²) in [5, 5.41) is 3.44. The molecule has 2 nitrogen and oxygen atoms in total. The van der Waals surface area contributed by atoms with Gasteiger partial charge in [0, 0.05) is 12.6 Å². The Bertz CT molecular complexity index is 363. The van der Waals surface area contributed by atoms with Crippen molar-refractivity contribution in [3.63, 3.8) is 0 Å². The minimum atomic E-state index is 0.665. The molecule has 0 spiro atoms. The maximum Gasteiger partial charge on any atom is 0.0114 e. The smallest absolute Gasteiger partial charge is 0.0114 e. The van der Waals surface area contributed by atoms with Crippen LogP contribution in [0.4, 0.5) is 0 Å². The van der Waals surface area contributed by atoms with Crippen molar-refractivity contribution in [1.82, 2.24) is 10.2 Å². The number of likely N-dealkylation sites (tertiary alicyclic amines) is 1. The number of nitrogens with zero attached hydrogens (tertiary/aromatic N) is 1. The zero-order valence-corrected chi connectivity index (χ0v) is 12.6. The van der Waals surface area contributed by atoms with Gasteiger partial charge < -0.3 is 10.2 Å². The zero-order valence-electron chi connectivity index (χ0n) is 12.6. The molecule has 1 heterocycles. The molecule has 2 rings (SSSR count). The van der Waals surface area contributed by atoms with E-state index in [9.17, 15) is 0 Å². The highest BCUT2D eigenvalue weighted by atomic mass is 15.1. The average molecular weight is 260 g/mol. The molecule has 3 unspecified atom stereocenters.